The predicted molar refractivity (Wildman–Crippen MR) is 114 cm³/mol. The number of aliphatic carboxylic acids is 1. The highest BCUT2D eigenvalue weighted by Crippen LogP contribution is 2.16. The number of hydrogen-bond acceptors (Lipinski definition) is 10. The van der Waals surface area contributed by atoms with Crippen LogP contribution in [0.25, 0.3) is 0 Å². The smallest absolute Gasteiger partial charge is 0.370 e. The number of hydrogen-bond donors (Lipinski definition) is 1. The Bertz CT molecular complexity index is 962. The number of carbonyl (C=O) groups is 5. The number of rotatable bonds is 11. The maximum atomic E-state index is 11.8. The van der Waals surface area contributed by atoms with Crippen molar-refractivity contribution in [3.05, 3.63) is 71.8 Å². The van der Waals surface area contributed by atoms with Gasteiger partial charge in [0.15, 0.2) is 0 Å². The lowest BCUT2D eigenvalue weighted by Gasteiger charge is -2.12. The molecule has 0 radical (unpaired) electrons. The molecule has 1 atom stereocenters. The van der Waals surface area contributed by atoms with Crippen LogP contribution in [0.3, 0.4) is 0 Å². The van der Waals surface area contributed by atoms with Crippen molar-refractivity contribution in [3.63, 3.8) is 0 Å². The Balaban J connectivity index is 1.66. The van der Waals surface area contributed by atoms with Crippen LogP contribution in [0, 0.1) is 5.92 Å². The van der Waals surface area contributed by atoms with E-state index in [0.717, 1.165) is 0 Å². The molecule has 33 heavy (non-hydrogen) atoms. The molecular weight excluding hydrogens is 456 g/mol. The van der Waals surface area contributed by atoms with Gasteiger partial charge >= 0.3 is 29.2 Å². The Kier molecular flexibility index (Phi) is 10.4. The van der Waals surface area contributed by atoms with Gasteiger partial charge in [-0.3, -0.25) is 9.59 Å². The normalized spacial score (nSPS) is 11.0. The maximum Gasteiger partial charge on any atom is 0.370 e. The standard InChI is InChI=1S/C22H20O10S/c23-18(29-13-30-20(26)15-7-3-1-4-8-15)11-17(19(24)25)12-33-22(28)32-14-31-21(27)16-9-5-2-6-10-16/h1-10,17H,11-14H2,(H,24,25)/t17-/m0/s1. The van der Waals surface area contributed by atoms with Gasteiger partial charge in [0, 0.05) is 5.75 Å². The molecule has 0 aliphatic rings. The molecule has 0 aliphatic carbocycles. The lowest BCUT2D eigenvalue weighted by Crippen LogP contribution is -2.23. The van der Waals surface area contributed by atoms with Crippen LogP contribution >= 0.6 is 11.8 Å². The van der Waals surface area contributed by atoms with E-state index in [-0.39, 0.29) is 16.9 Å². The summed E-state index contributed by atoms with van der Waals surface area (Å²) < 4.78 is 19.0. The van der Waals surface area contributed by atoms with Crippen molar-refractivity contribution in [3.8, 4) is 0 Å². The number of carbonyl (C=O) groups excluding carboxylic acids is 4. The second-order valence-corrected chi connectivity index (χ2v) is 7.25. The molecule has 2 aromatic rings. The second-order valence-electron chi connectivity index (χ2n) is 6.29. The molecule has 0 amide bonds. The first kappa shape index (κ1) is 25.4. The minimum absolute atomic E-state index is 0.265. The van der Waals surface area contributed by atoms with E-state index >= 15 is 0 Å². The third-order valence-electron chi connectivity index (χ3n) is 3.96. The van der Waals surface area contributed by atoms with Gasteiger partial charge in [-0.05, 0) is 36.0 Å². The molecule has 2 rings (SSSR count). The summed E-state index contributed by atoms with van der Waals surface area (Å²) in [5, 5.41) is 8.36. The maximum absolute atomic E-state index is 11.8. The minimum Gasteiger partial charge on any atom is -0.481 e. The van der Waals surface area contributed by atoms with E-state index in [2.05, 4.69) is 0 Å². The van der Waals surface area contributed by atoms with Crippen LogP contribution in [-0.4, -0.2) is 53.6 Å². The molecule has 10 nitrogen and oxygen atoms in total. The quantitative estimate of drug-likeness (QED) is 0.377. The van der Waals surface area contributed by atoms with Gasteiger partial charge in [-0.2, -0.15) is 0 Å². The number of thioether (sulfide) groups is 1. The summed E-state index contributed by atoms with van der Waals surface area (Å²) in [5.74, 6) is -5.19. The van der Waals surface area contributed by atoms with Gasteiger partial charge in [-0.1, -0.05) is 36.4 Å². The Morgan fingerprint density at radius 2 is 1.21 bits per heavy atom. The van der Waals surface area contributed by atoms with Gasteiger partial charge < -0.3 is 24.1 Å². The van der Waals surface area contributed by atoms with Crippen molar-refractivity contribution in [2.45, 2.75) is 6.42 Å². The van der Waals surface area contributed by atoms with Crippen LogP contribution in [0.1, 0.15) is 27.1 Å². The summed E-state index contributed by atoms with van der Waals surface area (Å²) in [4.78, 5) is 58.4. The highest BCUT2D eigenvalue weighted by atomic mass is 32.2. The van der Waals surface area contributed by atoms with Crippen molar-refractivity contribution in [2.75, 3.05) is 19.3 Å². The van der Waals surface area contributed by atoms with Gasteiger partial charge in [-0.25, -0.2) is 14.4 Å². The molecule has 0 bridgehead atoms. The van der Waals surface area contributed by atoms with Gasteiger partial charge in [0.05, 0.1) is 23.5 Å². The number of benzene rings is 2. The monoisotopic (exact) mass is 476 g/mol. The Morgan fingerprint density at radius 3 is 1.70 bits per heavy atom. The number of carboxylic acid groups (broad SMARTS) is 1. The number of esters is 3. The first-order valence-corrected chi connectivity index (χ1v) is 10.5. The van der Waals surface area contributed by atoms with Gasteiger partial charge in [0.2, 0.25) is 13.6 Å². The van der Waals surface area contributed by atoms with E-state index in [1.807, 2.05) is 0 Å². The summed E-state index contributed by atoms with van der Waals surface area (Å²) in [6, 6.07) is 16.1. The molecule has 0 spiro atoms. The molecule has 0 heterocycles. The van der Waals surface area contributed by atoms with Crippen molar-refractivity contribution in [2.24, 2.45) is 5.92 Å². The summed E-state index contributed by atoms with van der Waals surface area (Å²) in [6.45, 7) is -1.33. The summed E-state index contributed by atoms with van der Waals surface area (Å²) >= 11 is 0.502. The SMILES string of the molecule is O=C(C[C@@H](CSC(=O)OCOC(=O)c1ccccc1)C(=O)O)OCOC(=O)c1ccccc1. The summed E-state index contributed by atoms with van der Waals surface area (Å²) in [7, 11) is 0. The van der Waals surface area contributed by atoms with Crippen molar-refractivity contribution < 1.29 is 48.0 Å². The molecule has 0 fully saturated rings. The molecule has 0 saturated carbocycles. The number of carboxylic acids is 1. The lowest BCUT2D eigenvalue weighted by atomic mass is 10.1. The van der Waals surface area contributed by atoms with E-state index in [9.17, 15) is 29.1 Å². The molecule has 174 valence electrons. The van der Waals surface area contributed by atoms with Crippen LogP contribution in [0.5, 0.6) is 0 Å². The Labute approximate surface area is 192 Å². The molecule has 1 N–H and O–H groups in total. The molecule has 0 saturated heterocycles. The zero-order chi connectivity index (χ0) is 24.1. The van der Waals surface area contributed by atoms with Gasteiger partial charge in [0.1, 0.15) is 0 Å². The fourth-order valence-corrected chi connectivity index (χ4v) is 3.01. The van der Waals surface area contributed by atoms with E-state index < -0.39 is 55.1 Å². The summed E-state index contributed by atoms with van der Waals surface area (Å²) in [5.41, 5.74) is 0.543. The van der Waals surface area contributed by atoms with Gasteiger partial charge in [-0.15, -0.1) is 0 Å². The van der Waals surface area contributed by atoms with Crippen LogP contribution < -0.4 is 0 Å². The number of ether oxygens (including phenoxy) is 4. The molecule has 2 aromatic carbocycles. The van der Waals surface area contributed by atoms with E-state index in [0.29, 0.717) is 11.8 Å². The fourth-order valence-electron chi connectivity index (χ4n) is 2.28. The van der Waals surface area contributed by atoms with Crippen molar-refractivity contribution >= 4 is 40.9 Å². The van der Waals surface area contributed by atoms with Gasteiger partial charge in [0.25, 0.3) is 0 Å². The molecule has 11 heteroatoms. The third-order valence-corrected chi connectivity index (χ3v) is 4.88. The van der Waals surface area contributed by atoms with E-state index in [1.54, 1.807) is 36.4 Å². The Hall–Kier alpha value is -3.86. The van der Waals surface area contributed by atoms with Crippen LogP contribution in [0.15, 0.2) is 60.7 Å². The second kappa shape index (κ2) is 13.5. The fraction of sp³-hybridized carbons (Fsp3) is 0.227. The lowest BCUT2D eigenvalue weighted by molar-refractivity contribution is -0.157. The first-order valence-electron chi connectivity index (χ1n) is 9.49. The van der Waals surface area contributed by atoms with Crippen molar-refractivity contribution in [1.29, 1.82) is 0 Å². The molecule has 0 aliphatic heterocycles. The largest absolute Gasteiger partial charge is 0.481 e. The van der Waals surface area contributed by atoms with E-state index in [4.69, 9.17) is 18.9 Å². The third kappa shape index (κ3) is 9.44. The highest BCUT2D eigenvalue weighted by Gasteiger charge is 2.24. The van der Waals surface area contributed by atoms with Crippen LogP contribution in [0.4, 0.5) is 4.79 Å². The zero-order valence-electron chi connectivity index (χ0n) is 17.2. The van der Waals surface area contributed by atoms with E-state index in [1.165, 1.54) is 24.3 Å². The zero-order valence-corrected chi connectivity index (χ0v) is 18.0. The predicted octanol–water partition coefficient (Wildman–Crippen LogP) is 3.12. The van der Waals surface area contributed by atoms with Crippen LogP contribution in [0.2, 0.25) is 0 Å². The first-order chi connectivity index (χ1) is 15.9. The molecule has 0 unspecified atom stereocenters. The minimum atomic E-state index is -1.33. The van der Waals surface area contributed by atoms with Crippen LogP contribution in [-0.2, 0) is 28.5 Å². The van der Waals surface area contributed by atoms with Crippen molar-refractivity contribution in [1.82, 2.24) is 0 Å². The summed E-state index contributed by atoms with van der Waals surface area (Å²) in [6.07, 6.45) is -0.554. The average Bonchev–Trinajstić information content (AvgIpc) is 2.82. The Morgan fingerprint density at radius 1 is 0.727 bits per heavy atom. The molecular formula is C22H20O10S. The average molecular weight is 476 g/mol. The highest BCUT2D eigenvalue weighted by molar-refractivity contribution is 8.13. The molecule has 0 aromatic heterocycles. The topological polar surface area (TPSA) is 143 Å².